The molecule has 528 valence electrons. The summed E-state index contributed by atoms with van der Waals surface area (Å²) in [5.41, 5.74) is 28.3. The average molecular weight is 1360 g/mol. The molecule has 9 aromatic carbocycles. The summed E-state index contributed by atoms with van der Waals surface area (Å²) in [7, 11) is 5.81. The van der Waals surface area contributed by atoms with Gasteiger partial charge in [0.05, 0.1) is 59.4 Å². The van der Waals surface area contributed by atoms with Gasteiger partial charge >= 0.3 is 0 Å². The normalized spacial score (nSPS) is 12.1. The average Bonchev–Trinajstić information content (AvgIpc) is 0.805. The molecule has 3 atom stereocenters. The number of pyridine rings is 3. The zero-order valence-corrected chi connectivity index (χ0v) is 63.8. The first-order chi connectivity index (χ1) is 49.6. The van der Waals surface area contributed by atoms with Gasteiger partial charge in [-0.25, -0.2) is 0 Å². The number of para-hydroxylation sites is 3. The molecular formula is C95H107N7O. The second kappa shape index (κ2) is 35.4. The van der Waals surface area contributed by atoms with Crippen LogP contribution in [0.15, 0.2) is 267 Å². The topological polar surface area (TPSA) is 87.2 Å². The van der Waals surface area contributed by atoms with Crippen molar-refractivity contribution in [1.29, 1.82) is 0 Å². The summed E-state index contributed by atoms with van der Waals surface area (Å²) in [4.78, 5) is 17.6. The van der Waals surface area contributed by atoms with E-state index in [0.29, 0.717) is 35.5 Å². The van der Waals surface area contributed by atoms with E-state index in [1.165, 1.54) is 83.9 Å². The largest absolute Gasteiger partial charge is 0.497 e. The molecule has 3 aromatic heterocycles. The Labute approximate surface area is 616 Å². The van der Waals surface area contributed by atoms with Crippen molar-refractivity contribution in [3.8, 4) is 39.5 Å². The Kier molecular flexibility index (Phi) is 25.8. The van der Waals surface area contributed by atoms with Crippen LogP contribution in [0.5, 0.6) is 5.75 Å². The molecule has 12 aromatic rings. The molecule has 0 spiro atoms. The van der Waals surface area contributed by atoms with E-state index in [1.807, 2.05) is 18.2 Å². The highest BCUT2D eigenvalue weighted by molar-refractivity contribution is 5.69. The van der Waals surface area contributed by atoms with Gasteiger partial charge in [0.2, 0.25) is 0 Å². The Bertz CT molecular complexity index is 4580. The van der Waals surface area contributed by atoms with E-state index < -0.39 is 0 Å². The number of nitrogens with one attached hydrogen (secondary N) is 3. The van der Waals surface area contributed by atoms with E-state index in [-0.39, 0.29) is 18.1 Å². The predicted molar refractivity (Wildman–Crippen MR) is 439 cm³/mol. The van der Waals surface area contributed by atoms with Crippen molar-refractivity contribution in [2.24, 2.45) is 0 Å². The molecule has 8 heteroatoms. The Hall–Kier alpha value is -10.6. The van der Waals surface area contributed by atoms with Crippen molar-refractivity contribution in [2.75, 3.05) is 42.1 Å². The lowest BCUT2D eigenvalue weighted by atomic mass is 9.91. The van der Waals surface area contributed by atoms with Gasteiger partial charge in [-0.1, -0.05) is 288 Å². The number of hydrogen-bond acceptors (Lipinski definition) is 8. The summed E-state index contributed by atoms with van der Waals surface area (Å²) >= 11 is 0. The molecule has 3 unspecified atom stereocenters. The molecule has 0 bridgehead atoms. The molecular weight excluding hydrogens is 1260 g/mol. The zero-order chi connectivity index (χ0) is 73.3. The van der Waals surface area contributed by atoms with Crippen LogP contribution in [0, 0.1) is 13.8 Å². The molecule has 0 saturated heterocycles. The molecule has 0 amide bonds. The highest BCUT2D eigenvalue weighted by Gasteiger charge is 2.26. The van der Waals surface area contributed by atoms with Crippen molar-refractivity contribution in [3.63, 3.8) is 0 Å². The summed E-state index contributed by atoms with van der Waals surface area (Å²) < 4.78 is 5.43. The third-order valence-electron chi connectivity index (χ3n) is 19.1. The van der Waals surface area contributed by atoms with Crippen molar-refractivity contribution < 1.29 is 4.74 Å². The van der Waals surface area contributed by atoms with E-state index in [4.69, 9.17) is 19.7 Å². The van der Waals surface area contributed by atoms with E-state index in [0.717, 1.165) is 56.6 Å². The zero-order valence-electron chi connectivity index (χ0n) is 63.8. The standard InChI is InChI=1S/C32H37N3.C32H36N2.C31H34N2O/c1-22(2)27-14-10-15-28(23(3)4)32(27)34-31(25-12-8-7-9-13-25)30-17-11-16-29(33-30)24-18-20-26(21-19-24)35(5)6;1-21(2)27-14-10-15-28(22(3)4)32(27)34-31(25-12-8-7-9-13-25)30-17-11-16-29(33-30)26-19-23(5)18-24(6)20-26;1-21(2)26-16-10-17-27(22(3)4)31(26)33-30(23-12-7-6-8-13-23)29-19-11-18-28(32-29)24-14-9-15-25(20-24)34-5/h7-23,31,34H,1-6H3;7-22,31,34H,1-6H3;6-22,30,33H,1-5H3. The predicted octanol–water partition coefficient (Wildman–Crippen LogP) is 25.3. The van der Waals surface area contributed by atoms with Gasteiger partial charge in [-0.3, -0.25) is 15.0 Å². The lowest BCUT2D eigenvalue weighted by Gasteiger charge is -2.27. The minimum atomic E-state index is -0.0795. The number of aryl methyl sites for hydroxylation is 2. The van der Waals surface area contributed by atoms with E-state index in [1.54, 1.807) is 7.11 Å². The first-order valence-electron chi connectivity index (χ1n) is 36.9. The van der Waals surface area contributed by atoms with Gasteiger partial charge in [0.1, 0.15) is 5.75 Å². The van der Waals surface area contributed by atoms with Crippen LogP contribution < -0.4 is 25.6 Å². The van der Waals surface area contributed by atoms with Crippen molar-refractivity contribution in [3.05, 3.63) is 345 Å². The highest BCUT2D eigenvalue weighted by Crippen LogP contribution is 2.41. The monoisotopic (exact) mass is 1360 g/mol. The molecule has 3 heterocycles. The number of methoxy groups -OCH3 is 1. The lowest BCUT2D eigenvalue weighted by molar-refractivity contribution is 0.415. The summed E-state index contributed by atoms with van der Waals surface area (Å²) in [6.45, 7) is 31.4. The Morgan fingerprint density at radius 2 is 0.592 bits per heavy atom. The molecule has 0 saturated carbocycles. The fraction of sp³-hybridized carbons (Fsp3) is 0.274. The summed E-state index contributed by atoms with van der Waals surface area (Å²) in [6, 6.07) is 94.0. The lowest BCUT2D eigenvalue weighted by Crippen LogP contribution is -2.17. The smallest absolute Gasteiger partial charge is 0.119 e. The Morgan fingerprint density at radius 1 is 0.291 bits per heavy atom. The molecule has 0 aliphatic heterocycles. The minimum absolute atomic E-state index is 0.0514. The van der Waals surface area contributed by atoms with Crippen LogP contribution in [0.4, 0.5) is 22.7 Å². The molecule has 0 aliphatic rings. The Morgan fingerprint density at radius 3 is 0.903 bits per heavy atom. The molecule has 0 fully saturated rings. The molecule has 0 radical (unpaired) electrons. The van der Waals surface area contributed by atoms with Gasteiger partial charge in [0.25, 0.3) is 0 Å². The van der Waals surface area contributed by atoms with Gasteiger partial charge in [0.15, 0.2) is 0 Å². The van der Waals surface area contributed by atoms with Gasteiger partial charge in [-0.15, -0.1) is 0 Å². The SMILES string of the molecule is CC(C)c1cccc(C(C)C)c1NC(c1ccccc1)c1cccc(-c2ccc(N(C)C)cc2)n1.COc1cccc(-c2cccc(C(Nc3c(C(C)C)cccc3C(C)C)c3ccccc3)n2)c1.Cc1cc(C)cc(-c2cccc(C(Nc3c(C(C)C)cccc3C(C)C)c3ccccc3)n2)c1. The second-order valence-corrected chi connectivity index (χ2v) is 29.2. The highest BCUT2D eigenvalue weighted by atomic mass is 16.5. The maximum absolute atomic E-state index is 5.43. The van der Waals surface area contributed by atoms with E-state index in [2.05, 4.69) is 381 Å². The van der Waals surface area contributed by atoms with E-state index in [9.17, 15) is 0 Å². The van der Waals surface area contributed by atoms with E-state index >= 15 is 0 Å². The van der Waals surface area contributed by atoms with Crippen LogP contribution in [0.25, 0.3) is 33.8 Å². The number of anilines is 4. The van der Waals surface area contributed by atoms with Crippen molar-refractivity contribution in [1.82, 2.24) is 15.0 Å². The fourth-order valence-corrected chi connectivity index (χ4v) is 13.7. The number of rotatable bonds is 23. The molecule has 0 aliphatic carbocycles. The van der Waals surface area contributed by atoms with Crippen LogP contribution in [0.3, 0.4) is 0 Å². The fourth-order valence-electron chi connectivity index (χ4n) is 13.7. The molecule has 8 nitrogen and oxygen atoms in total. The number of ether oxygens (including phenoxy) is 1. The van der Waals surface area contributed by atoms with Crippen LogP contribution >= 0.6 is 0 Å². The van der Waals surface area contributed by atoms with Gasteiger partial charge in [-0.2, -0.15) is 0 Å². The molecule has 3 N–H and O–H groups in total. The van der Waals surface area contributed by atoms with Gasteiger partial charge in [0, 0.05) is 53.5 Å². The van der Waals surface area contributed by atoms with Gasteiger partial charge in [-0.05, 0) is 172 Å². The van der Waals surface area contributed by atoms with Crippen LogP contribution in [-0.2, 0) is 0 Å². The first kappa shape index (κ1) is 75.1. The molecule has 12 rings (SSSR count). The Balaban J connectivity index is 0.000000166. The first-order valence-corrected chi connectivity index (χ1v) is 36.9. The second-order valence-electron chi connectivity index (χ2n) is 29.2. The number of aromatic nitrogens is 3. The maximum atomic E-state index is 5.43. The number of hydrogen-bond donors (Lipinski definition) is 3. The summed E-state index contributed by atoms with van der Waals surface area (Å²) in [5, 5.41) is 11.8. The van der Waals surface area contributed by atoms with Crippen molar-refractivity contribution in [2.45, 2.75) is 151 Å². The van der Waals surface area contributed by atoms with Crippen LogP contribution in [0.1, 0.15) is 215 Å². The van der Waals surface area contributed by atoms with Crippen LogP contribution in [-0.4, -0.2) is 36.2 Å². The minimum Gasteiger partial charge on any atom is -0.497 e. The molecule has 103 heavy (non-hydrogen) atoms. The van der Waals surface area contributed by atoms with Crippen LogP contribution in [0.2, 0.25) is 0 Å². The summed E-state index contributed by atoms with van der Waals surface area (Å²) in [6.07, 6.45) is 0. The van der Waals surface area contributed by atoms with Gasteiger partial charge < -0.3 is 25.6 Å². The third-order valence-corrected chi connectivity index (χ3v) is 19.1. The van der Waals surface area contributed by atoms with Crippen molar-refractivity contribution >= 4 is 22.7 Å². The maximum Gasteiger partial charge on any atom is 0.119 e. The quantitative estimate of drug-likeness (QED) is 0.0584. The number of benzene rings is 9. The number of nitrogens with zero attached hydrogens (tertiary/aromatic N) is 4. The third kappa shape index (κ3) is 19.1. The summed E-state index contributed by atoms with van der Waals surface area (Å²) in [5.74, 6) is 3.33.